The van der Waals surface area contributed by atoms with Crippen molar-refractivity contribution in [2.24, 2.45) is 0 Å². The topological polar surface area (TPSA) is 77.2 Å². The van der Waals surface area contributed by atoms with Crippen molar-refractivity contribution in [2.75, 3.05) is 6.54 Å². The molecule has 1 amide bonds. The van der Waals surface area contributed by atoms with Crippen LogP contribution in [0.1, 0.15) is 43.2 Å². The minimum absolute atomic E-state index is 0.122. The van der Waals surface area contributed by atoms with Crippen LogP contribution in [0.25, 0.3) is 17.0 Å². The van der Waals surface area contributed by atoms with E-state index in [2.05, 4.69) is 55.3 Å². The number of H-pyrrole nitrogens is 1. The molecule has 0 aliphatic rings. The van der Waals surface area contributed by atoms with Crippen LogP contribution < -0.4 is 10.8 Å². The zero-order valence-corrected chi connectivity index (χ0v) is 17.3. The van der Waals surface area contributed by atoms with E-state index in [4.69, 9.17) is 5.21 Å². The summed E-state index contributed by atoms with van der Waals surface area (Å²) < 4.78 is 0. The lowest BCUT2D eigenvalue weighted by atomic mass is 9.92. The summed E-state index contributed by atoms with van der Waals surface area (Å²) in [6.07, 6.45) is 3.92. The highest BCUT2D eigenvalue weighted by molar-refractivity contribution is 5.90. The van der Waals surface area contributed by atoms with E-state index >= 15 is 0 Å². The van der Waals surface area contributed by atoms with Gasteiger partial charge in [-0.25, -0.2) is 5.48 Å². The summed E-state index contributed by atoms with van der Waals surface area (Å²) in [5, 5.41) is 13.2. The Balaban J connectivity index is 1.50. The van der Waals surface area contributed by atoms with Crippen molar-refractivity contribution >= 4 is 22.9 Å². The Morgan fingerprint density at radius 3 is 2.48 bits per heavy atom. The average Bonchev–Trinajstić information content (AvgIpc) is 3.14. The fourth-order valence-electron chi connectivity index (χ4n) is 3.16. The number of carbonyl (C=O) groups excluding carboxylic acids is 1. The molecule has 5 nitrogen and oxygen atoms in total. The Labute approximate surface area is 171 Å². The summed E-state index contributed by atoms with van der Waals surface area (Å²) in [5.41, 5.74) is 7.57. The molecule has 1 aromatic heterocycles. The molecule has 5 heteroatoms. The second-order valence-electron chi connectivity index (χ2n) is 8.33. The Morgan fingerprint density at radius 1 is 1.07 bits per heavy atom. The van der Waals surface area contributed by atoms with Crippen LogP contribution in [0.4, 0.5) is 0 Å². The standard InChI is InChI=1S/C24H29N3O2/c1-24(2,3)22-15-20-14-18(8-10-21(20)26-22)12-13-25-16-19-6-4-17(5-7-19)9-11-23(28)27-29/h4-11,14-15,25-26,29H,12-13,16H2,1-3H3,(H,27,28)/b11-9+. The maximum Gasteiger partial charge on any atom is 0.267 e. The van der Waals surface area contributed by atoms with Crippen molar-refractivity contribution < 1.29 is 10.0 Å². The molecular formula is C24H29N3O2. The third-order valence-corrected chi connectivity index (χ3v) is 4.93. The largest absolute Gasteiger partial charge is 0.358 e. The van der Waals surface area contributed by atoms with Crippen molar-refractivity contribution in [3.8, 4) is 0 Å². The molecule has 3 rings (SSSR count). The van der Waals surface area contributed by atoms with Gasteiger partial charge in [-0.05, 0) is 59.3 Å². The normalized spacial score (nSPS) is 12.0. The van der Waals surface area contributed by atoms with E-state index in [1.54, 1.807) is 11.6 Å². The molecule has 0 saturated carbocycles. The molecule has 0 aliphatic heterocycles. The van der Waals surface area contributed by atoms with E-state index in [0.29, 0.717) is 0 Å². The number of amides is 1. The maximum atomic E-state index is 11.0. The van der Waals surface area contributed by atoms with Gasteiger partial charge in [0.2, 0.25) is 0 Å². The van der Waals surface area contributed by atoms with Crippen LogP contribution in [-0.2, 0) is 23.2 Å². The summed E-state index contributed by atoms with van der Waals surface area (Å²) in [6.45, 7) is 8.35. The van der Waals surface area contributed by atoms with Crippen molar-refractivity contribution in [3.05, 3.63) is 77.0 Å². The van der Waals surface area contributed by atoms with Gasteiger partial charge in [-0.15, -0.1) is 0 Å². The van der Waals surface area contributed by atoms with Gasteiger partial charge in [0.25, 0.3) is 5.91 Å². The molecule has 0 spiro atoms. The number of hydrogen-bond acceptors (Lipinski definition) is 3. The first-order valence-corrected chi connectivity index (χ1v) is 9.89. The molecule has 0 unspecified atom stereocenters. The summed E-state index contributed by atoms with van der Waals surface area (Å²) in [6, 6.07) is 16.8. The fraction of sp³-hybridized carbons (Fsp3) is 0.292. The number of hydrogen-bond donors (Lipinski definition) is 4. The molecule has 1 heterocycles. The van der Waals surface area contributed by atoms with Crippen molar-refractivity contribution in [2.45, 2.75) is 39.2 Å². The molecule has 3 aromatic rings. The number of carbonyl (C=O) groups is 1. The van der Waals surface area contributed by atoms with E-state index < -0.39 is 5.91 Å². The highest BCUT2D eigenvalue weighted by Crippen LogP contribution is 2.26. The summed E-state index contributed by atoms with van der Waals surface area (Å²) in [7, 11) is 0. The SMILES string of the molecule is CC(C)(C)c1cc2cc(CCNCc3ccc(/C=C/C(=O)NO)cc3)ccc2[nH]1. The van der Waals surface area contributed by atoms with Gasteiger partial charge in [-0.3, -0.25) is 10.0 Å². The lowest BCUT2D eigenvalue weighted by molar-refractivity contribution is -0.124. The monoisotopic (exact) mass is 391 g/mol. The zero-order valence-electron chi connectivity index (χ0n) is 17.3. The summed E-state index contributed by atoms with van der Waals surface area (Å²) in [5.74, 6) is -0.539. The quantitative estimate of drug-likeness (QED) is 0.210. The molecule has 0 aliphatic carbocycles. The van der Waals surface area contributed by atoms with Crippen LogP contribution in [-0.4, -0.2) is 22.6 Å². The van der Waals surface area contributed by atoms with E-state index in [9.17, 15) is 4.79 Å². The Hall–Kier alpha value is -2.89. The van der Waals surface area contributed by atoms with E-state index in [-0.39, 0.29) is 5.41 Å². The van der Waals surface area contributed by atoms with E-state index in [1.807, 2.05) is 24.3 Å². The van der Waals surface area contributed by atoms with Gasteiger partial charge < -0.3 is 10.3 Å². The van der Waals surface area contributed by atoms with Crippen molar-refractivity contribution in [3.63, 3.8) is 0 Å². The lowest BCUT2D eigenvalue weighted by Gasteiger charge is -2.15. The average molecular weight is 392 g/mol. The molecule has 0 atom stereocenters. The summed E-state index contributed by atoms with van der Waals surface area (Å²) >= 11 is 0. The van der Waals surface area contributed by atoms with Gasteiger partial charge in [0.05, 0.1) is 0 Å². The van der Waals surface area contributed by atoms with Gasteiger partial charge in [0.15, 0.2) is 0 Å². The minimum atomic E-state index is -0.539. The number of rotatable bonds is 7. The molecule has 4 N–H and O–H groups in total. The van der Waals surface area contributed by atoms with Crippen LogP contribution >= 0.6 is 0 Å². The summed E-state index contributed by atoms with van der Waals surface area (Å²) in [4.78, 5) is 14.5. The zero-order chi connectivity index (χ0) is 20.9. The second-order valence-corrected chi connectivity index (χ2v) is 8.33. The molecule has 29 heavy (non-hydrogen) atoms. The number of aromatic amines is 1. The predicted octanol–water partition coefficient (Wildman–Crippen LogP) is 4.32. The van der Waals surface area contributed by atoms with Gasteiger partial charge in [-0.1, -0.05) is 51.1 Å². The van der Waals surface area contributed by atoms with Gasteiger partial charge in [-0.2, -0.15) is 0 Å². The Kier molecular flexibility index (Phi) is 6.52. The van der Waals surface area contributed by atoms with Crippen LogP contribution in [0.15, 0.2) is 54.6 Å². The van der Waals surface area contributed by atoms with Crippen molar-refractivity contribution in [1.29, 1.82) is 0 Å². The van der Waals surface area contributed by atoms with Crippen LogP contribution in [0.3, 0.4) is 0 Å². The predicted molar refractivity (Wildman–Crippen MR) is 118 cm³/mol. The second kappa shape index (κ2) is 9.07. The van der Waals surface area contributed by atoms with Gasteiger partial charge >= 0.3 is 0 Å². The Bertz CT molecular complexity index is 995. The third kappa shape index (κ3) is 5.79. The Morgan fingerprint density at radius 2 is 1.79 bits per heavy atom. The molecule has 0 saturated heterocycles. The van der Waals surface area contributed by atoms with Gasteiger partial charge in [0.1, 0.15) is 0 Å². The van der Waals surface area contributed by atoms with Crippen molar-refractivity contribution in [1.82, 2.24) is 15.8 Å². The number of fused-ring (bicyclic) bond motifs is 1. The smallest absolute Gasteiger partial charge is 0.267 e. The molecular weight excluding hydrogens is 362 g/mol. The van der Waals surface area contributed by atoms with E-state index in [1.165, 1.54) is 33.8 Å². The third-order valence-electron chi connectivity index (χ3n) is 4.93. The first-order chi connectivity index (χ1) is 13.8. The number of aromatic nitrogens is 1. The van der Waals surface area contributed by atoms with Gasteiger partial charge in [0, 0.05) is 29.2 Å². The van der Waals surface area contributed by atoms with E-state index in [0.717, 1.165) is 25.1 Å². The molecule has 0 bridgehead atoms. The molecule has 0 radical (unpaired) electrons. The lowest BCUT2D eigenvalue weighted by Crippen LogP contribution is -2.16. The highest BCUT2D eigenvalue weighted by atomic mass is 16.5. The molecule has 152 valence electrons. The molecule has 0 fully saturated rings. The fourth-order valence-corrected chi connectivity index (χ4v) is 3.16. The molecule has 2 aromatic carbocycles. The maximum absolute atomic E-state index is 11.0. The first kappa shape index (κ1) is 20.8. The number of nitrogens with one attached hydrogen (secondary N) is 3. The number of hydroxylamine groups is 1. The first-order valence-electron chi connectivity index (χ1n) is 9.89. The van der Waals surface area contributed by atoms with Crippen LogP contribution in [0, 0.1) is 0 Å². The minimum Gasteiger partial charge on any atom is -0.358 e. The number of benzene rings is 2. The van der Waals surface area contributed by atoms with Crippen LogP contribution in [0.5, 0.6) is 0 Å². The highest BCUT2D eigenvalue weighted by Gasteiger charge is 2.16. The van der Waals surface area contributed by atoms with Crippen LogP contribution in [0.2, 0.25) is 0 Å².